The molecule has 0 aliphatic carbocycles. The fraction of sp³-hybridized carbons (Fsp3) is 0.136. The summed E-state index contributed by atoms with van der Waals surface area (Å²) in [7, 11) is 0. The van der Waals surface area contributed by atoms with Crippen LogP contribution < -0.4 is 5.32 Å². The number of halogens is 1. The largest absolute Gasteiger partial charge is 0.343 e. The summed E-state index contributed by atoms with van der Waals surface area (Å²) in [5.74, 6) is -0.0575. The summed E-state index contributed by atoms with van der Waals surface area (Å²) >= 11 is 0. The SMILES string of the molecule is Cc1nc(C(=O)NC(C)c2ccc3ccccc3c2)nn1-c1ccc(F)cc1. The Morgan fingerprint density at radius 1 is 1.04 bits per heavy atom. The highest BCUT2D eigenvalue weighted by Gasteiger charge is 2.18. The number of amides is 1. The van der Waals surface area contributed by atoms with E-state index in [1.165, 1.54) is 16.8 Å². The molecule has 0 saturated heterocycles. The Balaban J connectivity index is 1.54. The van der Waals surface area contributed by atoms with Gasteiger partial charge in [0.2, 0.25) is 5.82 Å². The minimum atomic E-state index is -0.357. The molecular formula is C22H19FN4O. The van der Waals surface area contributed by atoms with Gasteiger partial charge in [-0.25, -0.2) is 14.1 Å². The minimum Gasteiger partial charge on any atom is -0.343 e. The van der Waals surface area contributed by atoms with Crippen LogP contribution in [0.3, 0.4) is 0 Å². The van der Waals surface area contributed by atoms with E-state index in [0.29, 0.717) is 11.5 Å². The molecule has 1 unspecified atom stereocenters. The van der Waals surface area contributed by atoms with Gasteiger partial charge in [-0.1, -0.05) is 36.4 Å². The molecule has 0 aliphatic rings. The number of fused-ring (bicyclic) bond motifs is 1. The highest BCUT2D eigenvalue weighted by Crippen LogP contribution is 2.20. The quantitative estimate of drug-likeness (QED) is 0.577. The monoisotopic (exact) mass is 374 g/mol. The van der Waals surface area contributed by atoms with E-state index in [4.69, 9.17) is 0 Å². The molecule has 5 nitrogen and oxygen atoms in total. The average Bonchev–Trinajstić information content (AvgIpc) is 3.10. The van der Waals surface area contributed by atoms with Crippen LogP contribution in [-0.2, 0) is 0 Å². The number of hydrogen-bond donors (Lipinski definition) is 1. The molecule has 0 bridgehead atoms. The van der Waals surface area contributed by atoms with Gasteiger partial charge in [0.15, 0.2) is 0 Å². The van der Waals surface area contributed by atoms with Crippen LogP contribution in [0.25, 0.3) is 16.5 Å². The number of aromatic nitrogens is 3. The zero-order valence-corrected chi connectivity index (χ0v) is 15.6. The van der Waals surface area contributed by atoms with Crippen molar-refractivity contribution in [3.05, 3.63) is 89.8 Å². The molecule has 1 N–H and O–H groups in total. The van der Waals surface area contributed by atoms with Crippen LogP contribution >= 0.6 is 0 Å². The van der Waals surface area contributed by atoms with E-state index < -0.39 is 0 Å². The Hall–Kier alpha value is -3.54. The third kappa shape index (κ3) is 3.49. The van der Waals surface area contributed by atoms with Crippen LogP contribution in [-0.4, -0.2) is 20.7 Å². The zero-order chi connectivity index (χ0) is 19.7. The van der Waals surface area contributed by atoms with Crippen molar-refractivity contribution in [2.24, 2.45) is 0 Å². The maximum absolute atomic E-state index is 13.1. The zero-order valence-electron chi connectivity index (χ0n) is 15.6. The number of rotatable bonds is 4. The lowest BCUT2D eigenvalue weighted by Gasteiger charge is -2.14. The number of benzene rings is 3. The number of nitrogens with zero attached hydrogens (tertiary/aromatic N) is 3. The van der Waals surface area contributed by atoms with Crippen LogP contribution in [0.1, 0.15) is 35.0 Å². The fourth-order valence-electron chi connectivity index (χ4n) is 3.13. The molecule has 1 aromatic heterocycles. The lowest BCUT2D eigenvalue weighted by Crippen LogP contribution is -2.27. The highest BCUT2D eigenvalue weighted by atomic mass is 19.1. The molecule has 0 fully saturated rings. The van der Waals surface area contributed by atoms with Crippen molar-refractivity contribution in [3.8, 4) is 5.69 Å². The maximum Gasteiger partial charge on any atom is 0.291 e. The second-order valence-corrected chi connectivity index (χ2v) is 6.67. The molecule has 1 heterocycles. The lowest BCUT2D eigenvalue weighted by molar-refractivity contribution is 0.0929. The summed E-state index contributed by atoms with van der Waals surface area (Å²) < 4.78 is 14.7. The Labute approximate surface area is 161 Å². The predicted octanol–water partition coefficient (Wildman–Crippen LogP) is 4.36. The second kappa shape index (κ2) is 7.23. The topological polar surface area (TPSA) is 59.8 Å². The van der Waals surface area contributed by atoms with Crippen molar-refractivity contribution in [2.75, 3.05) is 0 Å². The number of hydrogen-bond acceptors (Lipinski definition) is 3. The molecule has 0 saturated carbocycles. The molecule has 140 valence electrons. The molecule has 1 atom stereocenters. The smallest absolute Gasteiger partial charge is 0.291 e. The van der Waals surface area contributed by atoms with E-state index in [1.54, 1.807) is 19.1 Å². The fourth-order valence-corrected chi connectivity index (χ4v) is 3.13. The van der Waals surface area contributed by atoms with Crippen molar-refractivity contribution in [3.63, 3.8) is 0 Å². The van der Waals surface area contributed by atoms with Crippen LogP contribution in [0.2, 0.25) is 0 Å². The van der Waals surface area contributed by atoms with Crippen LogP contribution in [0.4, 0.5) is 4.39 Å². The van der Waals surface area contributed by atoms with Gasteiger partial charge < -0.3 is 5.32 Å². The van der Waals surface area contributed by atoms with Crippen molar-refractivity contribution in [2.45, 2.75) is 19.9 Å². The van der Waals surface area contributed by atoms with E-state index in [1.807, 2.05) is 37.3 Å². The molecule has 6 heteroatoms. The van der Waals surface area contributed by atoms with Gasteiger partial charge in [0, 0.05) is 0 Å². The van der Waals surface area contributed by atoms with Gasteiger partial charge in [-0.2, -0.15) is 0 Å². The standard InChI is InChI=1S/C22H19FN4O/c1-14(17-8-7-16-5-3-4-6-18(16)13-17)24-22(28)21-25-15(2)27(26-21)20-11-9-19(23)10-12-20/h3-14H,1-2H3,(H,24,28). The number of aryl methyl sites for hydroxylation is 1. The van der Waals surface area contributed by atoms with Crippen molar-refractivity contribution in [1.29, 1.82) is 0 Å². The van der Waals surface area contributed by atoms with Gasteiger partial charge in [-0.3, -0.25) is 4.79 Å². The molecule has 0 radical (unpaired) electrons. The van der Waals surface area contributed by atoms with Gasteiger partial charge in [0.05, 0.1) is 11.7 Å². The van der Waals surface area contributed by atoms with E-state index >= 15 is 0 Å². The number of carbonyl (C=O) groups is 1. The molecular weight excluding hydrogens is 355 g/mol. The van der Waals surface area contributed by atoms with Crippen molar-refractivity contribution < 1.29 is 9.18 Å². The predicted molar refractivity (Wildman–Crippen MR) is 106 cm³/mol. The average molecular weight is 374 g/mol. The van der Waals surface area contributed by atoms with E-state index in [-0.39, 0.29) is 23.6 Å². The van der Waals surface area contributed by atoms with E-state index in [2.05, 4.69) is 27.5 Å². The first-order valence-corrected chi connectivity index (χ1v) is 9.00. The van der Waals surface area contributed by atoms with Crippen LogP contribution in [0, 0.1) is 12.7 Å². The minimum absolute atomic E-state index is 0.0782. The molecule has 1 amide bonds. The first-order valence-electron chi connectivity index (χ1n) is 9.00. The Morgan fingerprint density at radius 2 is 1.75 bits per heavy atom. The molecule has 3 aromatic carbocycles. The summed E-state index contributed by atoms with van der Waals surface area (Å²) in [5.41, 5.74) is 1.65. The molecule has 4 aromatic rings. The van der Waals surface area contributed by atoms with Gasteiger partial charge in [-0.15, -0.1) is 5.10 Å². The molecule has 0 aliphatic heterocycles. The summed E-state index contributed by atoms with van der Waals surface area (Å²) in [6.45, 7) is 3.67. The summed E-state index contributed by atoms with van der Waals surface area (Å²) in [5, 5.41) is 9.49. The van der Waals surface area contributed by atoms with Gasteiger partial charge in [0.25, 0.3) is 5.91 Å². The lowest BCUT2D eigenvalue weighted by atomic mass is 10.0. The van der Waals surface area contributed by atoms with Crippen LogP contribution in [0.5, 0.6) is 0 Å². The number of carbonyl (C=O) groups excluding carboxylic acids is 1. The normalized spacial score (nSPS) is 12.1. The van der Waals surface area contributed by atoms with Crippen molar-refractivity contribution >= 4 is 16.7 Å². The second-order valence-electron chi connectivity index (χ2n) is 6.67. The van der Waals surface area contributed by atoms with Gasteiger partial charge >= 0.3 is 0 Å². The molecule has 0 spiro atoms. The summed E-state index contributed by atoms with van der Waals surface area (Å²) in [4.78, 5) is 16.9. The first kappa shape index (κ1) is 17.9. The first-order chi connectivity index (χ1) is 13.5. The van der Waals surface area contributed by atoms with E-state index in [0.717, 1.165) is 16.3 Å². The third-order valence-electron chi connectivity index (χ3n) is 4.66. The summed E-state index contributed by atoms with van der Waals surface area (Å²) in [6.07, 6.45) is 0. The maximum atomic E-state index is 13.1. The Morgan fingerprint density at radius 3 is 2.50 bits per heavy atom. The Kier molecular flexibility index (Phi) is 4.61. The van der Waals surface area contributed by atoms with Crippen LogP contribution in [0.15, 0.2) is 66.7 Å². The number of nitrogens with one attached hydrogen (secondary N) is 1. The molecule has 28 heavy (non-hydrogen) atoms. The van der Waals surface area contributed by atoms with E-state index in [9.17, 15) is 9.18 Å². The van der Waals surface area contributed by atoms with Gasteiger partial charge in [0.1, 0.15) is 11.6 Å². The summed E-state index contributed by atoms with van der Waals surface area (Å²) in [6, 6.07) is 19.9. The molecule has 4 rings (SSSR count). The highest BCUT2D eigenvalue weighted by molar-refractivity contribution is 5.91. The third-order valence-corrected chi connectivity index (χ3v) is 4.66. The van der Waals surface area contributed by atoms with Gasteiger partial charge in [-0.05, 0) is 60.5 Å². The van der Waals surface area contributed by atoms with Crippen molar-refractivity contribution in [1.82, 2.24) is 20.1 Å². The Bertz CT molecular complexity index is 1150.